The summed E-state index contributed by atoms with van der Waals surface area (Å²) in [4.78, 5) is 18.5. The van der Waals surface area contributed by atoms with Crippen molar-refractivity contribution in [3.63, 3.8) is 0 Å². The maximum Gasteiger partial charge on any atom is 0.410 e. The summed E-state index contributed by atoms with van der Waals surface area (Å²) >= 11 is 0. The summed E-state index contributed by atoms with van der Waals surface area (Å²) in [6, 6.07) is 8.51. The third kappa shape index (κ3) is 5.13. The van der Waals surface area contributed by atoms with Crippen LogP contribution in [0.1, 0.15) is 26.3 Å². The van der Waals surface area contributed by atoms with Gasteiger partial charge in [0, 0.05) is 38.4 Å². The number of nitrogens with zero attached hydrogens (tertiary/aromatic N) is 3. The highest BCUT2D eigenvalue weighted by Gasteiger charge is 2.26. The van der Waals surface area contributed by atoms with Gasteiger partial charge in [-0.2, -0.15) is 0 Å². The van der Waals surface area contributed by atoms with Gasteiger partial charge in [0.1, 0.15) is 5.60 Å². The zero-order valence-corrected chi connectivity index (χ0v) is 15.0. The lowest BCUT2D eigenvalue weighted by molar-refractivity contribution is 0.0240. The molecule has 23 heavy (non-hydrogen) atoms. The van der Waals surface area contributed by atoms with E-state index in [2.05, 4.69) is 48.2 Å². The third-order valence-corrected chi connectivity index (χ3v) is 3.75. The van der Waals surface area contributed by atoms with Crippen LogP contribution in [0.4, 0.5) is 10.5 Å². The van der Waals surface area contributed by atoms with Crippen molar-refractivity contribution in [3.05, 3.63) is 29.8 Å². The van der Waals surface area contributed by atoms with E-state index < -0.39 is 5.60 Å². The lowest BCUT2D eigenvalue weighted by Gasteiger charge is -2.37. The molecule has 1 heterocycles. The van der Waals surface area contributed by atoms with Crippen molar-refractivity contribution in [2.45, 2.75) is 32.9 Å². The first-order valence-electron chi connectivity index (χ1n) is 8.22. The van der Waals surface area contributed by atoms with Crippen LogP contribution in [-0.4, -0.2) is 61.8 Å². The quantitative estimate of drug-likeness (QED) is 0.858. The summed E-state index contributed by atoms with van der Waals surface area (Å²) in [6.45, 7) is 9.70. The number of anilines is 1. The molecule has 0 spiro atoms. The van der Waals surface area contributed by atoms with Gasteiger partial charge in [0.25, 0.3) is 0 Å². The molecule has 0 aliphatic carbocycles. The minimum atomic E-state index is -0.438. The summed E-state index contributed by atoms with van der Waals surface area (Å²) in [7, 11) is 4.16. The van der Waals surface area contributed by atoms with Crippen LogP contribution in [0.15, 0.2) is 24.3 Å². The van der Waals surface area contributed by atoms with Crippen LogP contribution in [0.5, 0.6) is 0 Å². The molecule has 1 aromatic carbocycles. The van der Waals surface area contributed by atoms with E-state index in [1.165, 1.54) is 11.3 Å². The fraction of sp³-hybridized carbons (Fsp3) is 0.611. The van der Waals surface area contributed by atoms with Gasteiger partial charge in [-0.05, 0) is 46.5 Å². The second-order valence-corrected chi connectivity index (χ2v) is 7.32. The molecule has 1 fully saturated rings. The van der Waals surface area contributed by atoms with Crippen LogP contribution in [0.3, 0.4) is 0 Å². The van der Waals surface area contributed by atoms with Gasteiger partial charge in [-0.25, -0.2) is 4.79 Å². The Hall–Kier alpha value is -1.75. The summed E-state index contributed by atoms with van der Waals surface area (Å²) < 4.78 is 5.46. The lowest BCUT2D eigenvalue weighted by Crippen LogP contribution is -2.50. The molecule has 0 N–H and O–H groups in total. The summed E-state index contributed by atoms with van der Waals surface area (Å²) in [5, 5.41) is 0. The number of ether oxygens (including phenoxy) is 1. The van der Waals surface area contributed by atoms with Gasteiger partial charge >= 0.3 is 6.09 Å². The van der Waals surface area contributed by atoms with Crippen LogP contribution >= 0.6 is 0 Å². The lowest BCUT2D eigenvalue weighted by atomic mass is 10.1. The zero-order valence-electron chi connectivity index (χ0n) is 15.0. The van der Waals surface area contributed by atoms with Crippen molar-refractivity contribution < 1.29 is 9.53 Å². The number of rotatable bonds is 3. The highest BCUT2D eigenvalue weighted by molar-refractivity contribution is 5.68. The average molecular weight is 319 g/mol. The molecule has 0 radical (unpaired) electrons. The zero-order chi connectivity index (χ0) is 17.0. The SMILES string of the molecule is CN(C)Cc1ccccc1N1CCN(C(=O)OC(C)(C)C)CC1. The smallest absolute Gasteiger partial charge is 0.410 e. The Bertz CT molecular complexity index is 529. The largest absolute Gasteiger partial charge is 0.444 e. The third-order valence-electron chi connectivity index (χ3n) is 3.75. The number of amides is 1. The molecule has 1 amide bonds. The molecule has 0 unspecified atom stereocenters. The number of benzene rings is 1. The van der Waals surface area contributed by atoms with E-state index in [1.54, 1.807) is 4.90 Å². The maximum atomic E-state index is 12.1. The van der Waals surface area contributed by atoms with Gasteiger partial charge in [-0.1, -0.05) is 18.2 Å². The van der Waals surface area contributed by atoms with Crippen molar-refractivity contribution in [3.8, 4) is 0 Å². The van der Waals surface area contributed by atoms with Crippen molar-refractivity contribution in [1.82, 2.24) is 9.80 Å². The topological polar surface area (TPSA) is 36.0 Å². The van der Waals surface area contributed by atoms with Crippen molar-refractivity contribution in [1.29, 1.82) is 0 Å². The summed E-state index contributed by atoms with van der Waals surface area (Å²) in [6.07, 6.45) is -0.210. The number of carbonyl (C=O) groups excluding carboxylic acids is 1. The van der Waals surface area contributed by atoms with Crippen molar-refractivity contribution in [2.24, 2.45) is 0 Å². The molecule has 5 nitrogen and oxygen atoms in total. The monoisotopic (exact) mass is 319 g/mol. The van der Waals surface area contributed by atoms with Crippen LogP contribution in [-0.2, 0) is 11.3 Å². The Morgan fingerprint density at radius 1 is 1.13 bits per heavy atom. The molecule has 1 aliphatic rings. The highest BCUT2D eigenvalue weighted by atomic mass is 16.6. The fourth-order valence-corrected chi connectivity index (χ4v) is 2.75. The Labute approximate surface area is 139 Å². The van der Waals surface area contributed by atoms with Gasteiger partial charge in [-0.3, -0.25) is 0 Å². The number of para-hydroxylation sites is 1. The second kappa shape index (κ2) is 7.21. The van der Waals surface area contributed by atoms with E-state index in [9.17, 15) is 4.79 Å². The number of piperazine rings is 1. The Morgan fingerprint density at radius 2 is 1.74 bits per heavy atom. The molecule has 2 rings (SSSR count). The number of carbonyl (C=O) groups is 1. The minimum Gasteiger partial charge on any atom is -0.444 e. The van der Waals surface area contributed by atoms with Gasteiger partial charge in [0.15, 0.2) is 0 Å². The molecule has 0 bridgehead atoms. The Balaban J connectivity index is 1.98. The molecule has 5 heteroatoms. The molecule has 0 aromatic heterocycles. The normalized spacial score (nSPS) is 15.9. The molecule has 128 valence electrons. The van der Waals surface area contributed by atoms with Crippen molar-refractivity contribution >= 4 is 11.8 Å². The molecule has 1 aliphatic heterocycles. The first-order chi connectivity index (χ1) is 10.8. The van der Waals surface area contributed by atoms with Crippen LogP contribution in [0, 0.1) is 0 Å². The first kappa shape index (κ1) is 17.6. The predicted molar refractivity (Wildman–Crippen MR) is 93.9 cm³/mol. The van der Waals surface area contributed by atoms with E-state index in [0.29, 0.717) is 13.1 Å². The number of hydrogen-bond acceptors (Lipinski definition) is 4. The van der Waals surface area contributed by atoms with E-state index in [0.717, 1.165) is 19.6 Å². The maximum absolute atomic E-state index is 12.1. The minimum absolute atomic E-state index is 0.210. The van der Waals surface area contributed by atoms with E-state index in [1.807, 2.05) is 20.8 Å². The van der Waals surface area contributed by atoms with Gasteiger partial charge in [-0.15, -0.1) is 0 Å². The van der Waals surface area contributed by atoms with Crippen LogP contribution in [0.25, 0.3) is 0 Å². The predicted octanol–water partition coefficient (Wildman–Crippen LogP) is 2.81. The first-order valence-corrected chi connectivity index (χ1v) is 8.22. The Morgan fingerprint density at radius 3 is 2.30 bits per heavy atom. The van der Waals surface area contributed by atoms with Gasteiger partial charge in [0.05, 0.1) is 0 Å². The van der Waals surface area contributed by atoms with Crippen molar-refractivity contribution in [2.75, 3.05) is 45.2 Å². The van der Waals surface area contributed by atoms with Crippen LogP contribution < -0.4 is 4.90 Å². The fourth-order valence-electron chi connectivity index (χ4n) is 2.75. The molecule has 0 atom stereocenters. The van der Waals surface area contributed by atoms with Gasteiger partial charge < -0.3 is 19.4 Å². The second-order valence-electron chi connectivity index (χ2n) is 7.32. The van der Waals surface area contributed by atoms with E-state index in [4.69, 9.17) is 4.74 Å². The Kier molecular flexibility index (Phi) is 5.52. The van der Waals surface area contributed by atoms with Gasteiger partial charge in [0.2, 0.25) is 0 Å². The van der Waals surface area contributed by atoms with Crippen LogP contribution in [0.2, 0.25) is 0 Å². The molecule has 1 aromatic rings. The molecular formula is C18H29N3O2. The summed E-state index contributed by atoms with van der Waals surface area (Å²) in [5.74, 6) is 0. The molecular weight excluding hydrogens is 290 g/mol. The molecule has 1 saturated heterocycles. The summed E-state index contributed by atoms with van der Waals surface area (Å²) in [5.41, 5.74) is 2.15. The van der Waals surface area contributed by atoms with E-state index >= 15 is 0 Å². The van der Waals surface area contributed by atoms with E-state index in [-0.39, 0.29) is 6.09 Å². The average Bonchev–Trinajstić information content (AvgIpc) is 2.45. The number of hydrogen-bond donors (Lipinski definition) is 0. The standard InChI is InChI=1S/C18H29N3O2/c1-18(2,3)23-17(22)21-12-10-20(11-13-21)16-9-7-6-8-15(16)14-19(4)5/h6-9H,10-14H2,1-5H3. The molecule has 0 saturated carbocycles. The highest BCUT2D eigenvalue weighted by Crippen LogP contribution is 2.23.